The van der Waals surface area contributed by atoms with Gasteiger partial charge in [-0.15, -0.1) is 0 Å². The second-order valence-corrected chi connectivity index (χ2v) is 10.8. The summed E-state index contributed by atoms with van der Waals surface area (Å²) in [6, 6.07) is 22.7. The molecule has 1 fully saturated rings. The zero-order valence-electron chi connectivity index (χ0n) is 22.4. The molecule has 5 aromatic rings. The molecule has 0 radical (unpaired) electrons. The molecule has 0 bridgehead atoms. The molecule has 1 aliphatic rings. The zero-order chi connectivity index (χ0) is 28.2. The van der Waals surface area contributed by atoms with Crippen molar-refractivity contribution in [2.24, 2.45) is 7.05 Å². The fourth-order valence-corrected chi connectivity index (χ4v) is 5.66. The van der Waals surface area contributed by atoms with Crippen LogP contribution < -0.4 is 5.32 Å². The van der Waals surface area contributed by atoms with Crippen LogP contribution in [-0.2, 0) is 23.1 Å². The molecule has 208 valence electrons. The van der Waals surface area contributed by atoms with Crippen LogP contribution in [0.1, 0.15) is 46.0 Å². The zero-order valence-corrected chi connectivity index (χ0v) is 23.2. The van der Waals surface area contributed by atoms with Gasteiger partial charge in [-0.05, 0) is 35.4 Å². The molecule has 1 aliphatic heterocycles. The van der Waals surface area contributed by atoms with Crippen LogP contribution in [0.3, 0.4) is 0 Å². The third-order valence-corrected chi connectivity index (χ3v) is 8.08. The number of aliphatic hydroxyl groups is 1. The molecule has 2 aromatic heterocycles. The molecule has 0 spiro atoms. The number of rotatable bonds is 8. The van der Waals surface area contributed by atoms with Gasteiger partial charge >= 0.3 is 0 Å². The summed E-state index contributed by atoms with van der Waals surface area (Å²) in [4.78, 5) is 26.2. The van der Waals surface area contributed by atoms with Crippen molar-refractivity contribution >= 4 is 34.4 Å². The highest BCUT2D eigenvalue weighted by Gasteiger charge is 2.32. The van der Waals surface area contributed by atoms with Crippen LogP contribution in [0.15, 0.2) is 96.5 Å². The average molecular weight is 568 g/mol. The first-order valence-electron chi connectivity index (χ1n) is 13.3. The van der Waals surface area contributed by atoms with E-state index in [1.807, 2.05) is 90.6 Å². The van der Waals surface area contributed by atoms with Crippen LogP contribution in [0, 0.1) is 0 Å². The van der Waals surface area contributed by atoms with E-state index in [1.165, 1.54) is 6.20 Å². The lowest BCUT2D eigenvalue weighted by atomic mass is 10.0. The minimum absolute atomic E-state index is 0.0101. The highest BCUT2D eigenvalue weighted by atomic mass is 32.2. The number of para-hydroxylation sites is 2. The maximum atomic E-state index is 13.0. The number of ether oxygens (including phenoxy) is 2. The van der Waals surface area contributed by atoms with Crippen LogP contribution in [0.5, 0.6) is 0 Å². The summed E-state index contributed by atoms with van der Waals surface area (Å²) in [6.45, 7) is -0.0101. The van der Waals surface area contributed by atoms with Crippen molar-refractivity contribution in [2.75, 3.05) is 11.1 Å². The fourth-order valence-electron chi connectivity index (χ4n) is 4.71. The predicted octanol–water partition coefficient (Wildman–Crippen LogP) is 5.45. The second-order valence-electron chi connectivity index (χ2n) is 9.81. The Labute approximate surface area is 241 Å². The van der Waals surface area contributed by atoms with E-state index >= 15 is 0 Å². The topological polar surface area (TPSA) is 111 Å². The monoisotopic (exact) mass is 567 g/mol. The number of hydrogen-bond donors (Lipinski definition) is 2. The molecule has 10 heteroatoms. The number of nitrogens with one attached hydrogen (secondary N) is 1. The molecular weight excluding hydrogens is 538 g/mol. The Bertz CT molecular complexity index is 1660. The number of nitrogens with zero attached hydrogens (tertiary/aromatic N) is 4. The average Bonchev–Trinajstić information content (AvgIpc) is 3.44. The summed E-state index contributed by atoms with van der Waals surface area (Å²) in [5.74, 6) is 0.351. The Morgan fingerprint density at radius 1 is 1.02 bits per heavy atom. The van der Waals surface area contributed by atoms with Gasteiger partial charge in [-0.1, -0.05) is 60.3 Å². The fraction of sp³-hybridized carbons (Fsp3) is 0.226. The summed E-state index contributed by atoms with van der Waals surface area (Å²) in [7, 11) is 1.97. The maximum Gasteiger partial charge on any atom is 0.275 e. The molecule has 2 N–H and O–H groups in total. The van der Waals surface area contributed by atoms with E-state index < -0.39 is 6.29 Å². The summed E-state index contributed by atoms with van der Waals surface area (Å²) >= 11 is 1.64. The van der Waals surface area contributed by atoms with Gasteiger partial charge in [0.05, 0.1) is 36.0 Å². The highest BCUT2D eigenvalue weighted by Crippen LogP contribution is 2.39. The molecule has 0 unspecified atom stereocenters. The number of aliphatic hydroxyl groups excluding tert-OH is 1. The third-order valence-electron chi connectivity index (χ3n) is 6.89. The summed E-state index contributed by atoms with van der Waals surface area (Å²) in [6.07, 6.45) is 4.89. The Balaban J connectivity index is 1.21. The number of carbonyl (C=O) groups is 1. The molecule has 1 amide bonds. The molecule has 9 nitrogen and oxygen atoms in total. The lowest BCUT2D eigenvalue weighted by Gasteiger charge is -2.36. The Hall–Kier alpha value is -4.09. The maximum absolute atomic E-state index is 13.0. The van der Waals surface area contributed by atoms with Crippen LogP contribution in [-0.4, -0.2) is 42.4 Å². The van der Waals surface area contributed by atoms with Gasteiger partial charge in [-0.25, -0.2) is 9.97 Å². The number of imidazole rings is 1. The first kappa shape index (κ1) is 27.1. The van der Waals surface area contributed by atoms with Crippen molar-refractivity contribution in [1.82, 2.24) is 19.5 Å². The molecule has 3 heterocycles. The predicted molar refractivity (Wildman–Crippen MR) is 156 cm³/mol. The molecular formula is C31H29N5O4S. The lowest BCUT2D eigenvalue weighted by Crippen LogP contribution is -2.31. The van der Waals surface area contributed by atoms with Gasteiger partial charge in [0.2, 0.25) is 0 Å². The molecule has 0 aliphatic carbocycles. The van der Waals surface area contributed by atoms with Crippen molar-refractivity contribution in [1.29, 1.82) is 0 Å². The highest BCUT2D eigenvalue weighted by molar-refractivity contribution is 7.99. The first-order chi connectivity index (χ1) is 20.1. The van der Waals surface area contributed by atoms with Crippen LogP contribution in [0.25, 0.3) is 11.0 Å². The number of aromatic nitrogens is 4. The summed E-state index contributed by atoms with van der Waals surface area (Å²) < 4.78 is 14.9. The number of benzene rings is 3. The molecule has 41 heavy (non-hydrogen) atoms. The Kier molecular flexibility index (Phi) is 8.06. The van der Waals surface area contributed by atoms with Gasteiger partial charge in [0.25, 0.3) is 5.91 Å². The largest absolute Gasteiger partial charge is 0.392 e. The van der Waals surface area contributed by atoms with Crippen molar-refractivity contribution in [2.45, 2.75) is 36.7 Å². The Morgan fingerprint density at radius 2 is 1.85 bits per heavy atom. The first-order valence-corrected chi connectivity index (χ1v) is 14.3. The minimum Gasteiger partial charge on any atom is -0.392 e. The number of carbonyl (C=O) groups excluding carboxylic acids is 1. The van der Waals surface area contributed by atoms with Crippen LogP contribution in [0.4, 0.5) is 5.69 Å². The number of fused-ring (bicyclic) bond motifs is 1. The van der Waals surface area contributed by atoms with Crippen LogP contribution in [0.2, 0.25) is 0 Å². The molecule has 1 saturated heterocycles. The van der Waals surface area contributed by atoms with Gasteiger partial charge in [0.15, 0.2) is 11.4 Å². The minimum atomic E-state index is -0.643. The Morgan fingerprint density at radius 3 is 2.63 bits per heavy atom. The van der Waals surface area contributed by atoms with E-state index in [0.29, 0.717) is 23.4 Å². The van der Waals surface area contributed by atoms with Crippen molar-refractivity contribution < 1.29 is 19.4 Å². The number of amides is 1. The van der Waals surface area contributed by atoms with E-state index in [4.69, 9.17) is 9.47 Å². The van der Waals surface area contributed by atoms with Crippen molar-refractivity contribution in [3.63, 3.8) is 0 Å². The van der Waals surface area contributed by atoms with Gasteiger partial charge in [-0.3, -0.25) is 9.78 Å². The van der Waals surface area contributed by atoms with Gasteiger partial charge in [-0.2, -0.15) is 0 Å². The van der Waals surface area contributed by atoms with E-state index in [2.05, 4.69) is 20.3 Å². The van der Waals surface area contributed by atoms with Crippen LogP contribution >= 0.6 is 11.8 Å². The lowest BCUT2D eigenvalue weighted by molar-refractivity contribution is -0.245. The smallest absolute Gasteiger partial charge is 0.275 e. The molecule has 6 rings (SSSR count). The quantitative estimate of drug-likeness (QED) is 0.238. The third kappa shape index (κ3) is 6.31. The second kappa shape index (κ2) is 12.2. The normalized spacial score (nSPS) is 18.8. The van der Waals surface area contributed by atoms with E-state index in [9.17, 15) is 9.90 Å². The van der Waals surface area contributed by atoms with E-state index in [0.717, 1.165) is 27.4 Å². The summed E-state index contributed by atoms with van der Waals surface area (Å²) in [5.41, 5.74) is 4.87. The SMILES string of the molecule is Cn1ccnc1SC[C@H]1C[C@@H](c2ccc(CO)cc2)O[C@@H](c2cccc(NC(=O)c3cnc4ccccc4n3)c2)O1. The van der Waals surface area contributed by atoms with Gasteiger partial charge in [0, 0.05) is 42.9 Å². The van der Waals surface area contributed by atoms with Gasteiger partial charge < -0.3 is 24.5 Å². The summed E-state index contributed by atoms with van der Waals surface area (Å²) in [5, 5.41) is 13.3. The number of hydrogen-bond acceptors (Lipinski definition) is 8. The number of aryl methyl sites for hydroxylation is 1. The van der Waals surface area contributed by atoms with Crippen molar-refractivity contribution in [3.8, 4) is 0 Å². The number of anilines is 1. The standard InChI is InChI=1S/C31H29N5O4S/c1-36-14-13-32-31(36)41-19-24-16-28(21-11-9-20(18-37)10-12-21)40-30(39-24)22-5-4-6-23(15-22)34-29(38)27-17-33-25-7-2-3-8-26(25)35-27/h2-15,17,24,28,30,37H,16,18-19H2,1H3,(H,34,38)/t24-,28+,30+/m1/s1. The number of thioether (sulfide) groups is 1. The van der Waals surface area contributed by atoms with E-state index in [-0.39, 0.29) is 30.4 Å². The molecule has 3 atom stereocenters. The van der Waals surface area contributed by atoms with Gasteiger partial charge in [0.1, 0.15) is 5.69 Å². The molecule has 0 saturated carbocycles. The van der Waals surface area contributed by atoms with Crippen molar-refractivity contribution in [3.05, 3.63) is 114 Å². The van der Waals surface area contributed by atoms with E-state index in [1.54, 1.807) is 18.0 Å². The molecule has 3 aromatic carbocycles.